The van der Waals surface area contributed by atoms with Crippen molar-refractivity contribution in [1.29, 1.82) is 0 Å². The molecular weight excluding hydrogens is 2060 g/mol. The summed E-state index contributed by atoms with van der Waals surface area (Å²) < 4.78 is 5.70. The van der Waals surface area contributed by atoms with Gasteiger partial charge in [0.25, 0.3) is 0 Å². The van der Waals surface area contributed by atoms with Gasteiger partial charge in [-0.25, -0.2) is 0 Å². The first kappa shape index (κ1) is 132. The van der Waals surface area contributed by atoms with Crippen LogP contribution < -0.4 is 0 Å². The molecular formula is C116H166Cl8OZr4. The van der Waals surface area contributed by atoms with Crippen LogP contribution in [0.2, 0.25) is 0 Å². The van der Waals surface area contributed by atoms with Gasteiger partial charge in [-0.3, -0.25) is 0 Å². The van der Waals surface area contributed by atoms with E-state index in [1.165, 1.54) is 252 Å². The average molecular weight is 2230 g/mol. The molecule has 0 saturated heterocycles. The van der Waals surface area contributed by atoms with Crippen molar-refractivity contribution in [2.45, 2.75) is 288 Å². The van der Waals surface area contributed by atoms with Crippen molar-refractivity contribution in [3.8, 4) is 33.4 Å². The Balaban J connectivity index is -0.00000139. The van der Waals surface area contributed by atoms with Crippen LogP contribution in [-0.4, -0.2) is 12.2 Å². The normalized spacial score (nSPS) is 16.4. The third kappa shape index (κ3) is 46.5. The summed E-state index contributed by atoms with van der Waals surface area (Å²) in [5, 5.41) is 0. The molecule has 5 unspecified atom stereocenters. The van der Waals surface area contributed by atoms with Gasteiger partial charge in [0.15, 0.2) is 0 Å². The monoisotopic (exact) mass is 2210 g/mol. The van der Waals surface area contributed by atoms with Gasteiger partial charge >= 0.3 is 151 Å². The van der Waals surface area contributed by atoms with E-state index in [2.05, 4.69) is 323 Å². The zero-order valence-electron chi connectivity index (χ0n) is 84.1. The van der Waals surface area contributed by atoms with Crippen LogP contribution in [0.1, 0.15) is 312 Å². The van der Waals surface area contributed by atoms with Crippen LogP contribution >= 0.6 is 68.1 Å². The smallest absolute Gasteiger partial charge is 0.00135 e. The predicted octanol–water partition coefficient (Wildman–Crippen LogP) is 40.5. The second kappa shape index (κ2) is 71.9. The predicted molar refractivity (Wildman–Crippen MR) is 575 cm³/mol. The first-order valence-corrected chi connectivity index (χ1v) is 70.5. The summed E-state index contributed by atoms with van der Waals surface area (Å²) >= 11 is -3.30. The van der Waals surface area contributed by atoms with Crippen molar-refractivity contribution in [1.82, 2.24) is 0 Å². The molecule has 0 aliphatic heterocycles. The summed E-state index contributed by atoms with van der Waals surface area (Å²) in [4.78, 5) is 0. The van der Waals surface area contributed by atoms with Gasteiger partial charge in [-0.1, -0.05) is 410 Å². The van der Waals surface area contributed by atoms with E-state index in [1.54, 1.807) is 0 Å². The number of allylic oxidation sites excluding steroid dienone is 6. The van der Waals surface area contributed by atoms with Gasteiger partial charge in [0.05, 0.1) is 5.60 Å². The summed E-state index contributed by atoms with van der Waals surface area (Å²) in [6.07, 6.45) is 46.1. The van der Waals surface area contributed by atoms with E-state index in [0.29, 0.717) is 5.92 Å². The Labute approximate surface area is 870 Å². The maximum Gasteiger partial charge on any atom is -0.00135 e. The molecule has 0 N–H and O–H groups in total. The SMILES string of the molecule is CC(C)(C)C1=CC2=Cc3cc(C(C)(C)C)ccc3C2C=C1.CC(C)(C)OCCCCCC1CCCC1.CC1=Cc2ccccc2C1.CC1CC(C)C(C)C1C.CCCCC1CCCC1.CCCCCCc1ccc2c(c1)Cc1ccccc1-2.[CH3-].[CH3-].[CH3-].[CH3-].[CH3-].[CH3-].[CH3-].[CH3-].[Cl][Zr+2][Cl].[Cl][Zr+2][Cl].[Cl][Zr+2][Cl].[Cl][Zr+2][Cl].c1ccc2c(c1)Cc1ccccc1-2.c1ccc2c(c1)Cc1ccccc1-2. The molecule has 0 heterocycles. The molecule has 3 saturated carbocycles. The molecule has 0 amide bonds. The first-order chi connectivity index (χ1) is 58.1. The minimum Gasteiger partial charge on any atom is -0.0619 e. The Morgan fingerprint density at radius 2 is 0.760 bits per heavy atom. The van der Waals surface area contributed by atoms with Crippen molar-refractivity contribution >= 4 is 80.3 Å². The van der Waals surface area contributed by atoms with Crippen LogP contribution in [0.3, 0.4) is 0 Å². The fraction of sp³-hybridized carbons (Fsp3) is 0.448. The van der Waals surface area contributed by atoms with Gasteiger partial charge in [0, 0.05) is 12.5 Å². The molecule has 13 heteroatoms. The Hall–Kier alpha value is -1.47. The van der Waals surface area contributed by atoms with Crippen LogP contribution in [0.4, 0.5) is 0 Å². The van der Waals surface area contributed by atoms with Crippen molar-refractivity contribution in [3.63, 3.8) is 0 Å². The van der Waals surface area contributed by atoms with E-state index in [0.717, 1.165) is 67.8 Å². The van der Waals surface area contributed by atoms with Gasteiger partial charge < -0.3 is 64.2 Å². The van der Waals surface area contributed by atoms with Crippen molar-refractivity contribution in [2.24, 2.45) is 40.9 Å². The Kier molecular flexibility index (Phi) is 73.4. The largest absolute Gasteiger partial charge is 0.0619 e. The molecule has 0 bridgehead atoms. The number of benzene rings is 8. The van der Waals surface area contributed by atoms with E-state index in [9.17, 15) is 0 Å². The maximum absolute atomic E-state index is 5.70. The molecule has 8 aromatic rings. The van der Waals surface area contributed by atoms with Crippen molar-refractivity contribution < 1.29 is 88.1 Å². The summed E-state index contributed by atoms with van der Waals surface area (Å²) in [7, 11) is 39.5. The molecule has 9 aliphatic carbocycles. The van der Waals surface area contributed by atoms with Crippen LogP contribution in [0.25, 0.3) is 45.5 Å². The van der Waals surface area contributed by atoms with Gasteiger partial charge in [-0.2, -0.15) is 0 Å². The minimum atomic E-state index is -0.826. The topological polar surface area (TPSA) is 9.23 Å². The second-order valence-electron chi connectivity index (χ2n) is 37.4. The molecule has 5 atom stereocenters. The molecule has 3 fully saturated rings. The van der Waals surface area contributed by atoms with Crippen molar-refractivity contribution in [2.75, 3.05) is 6.61 Å². The van der Waals surface area contributed by atoms with E-state index in [4.69, 9.17) is 72.8 Å². The third-order valence-corrected chi connectivity index (χ3v) is 25.2. The summed E-state index contributed by atoms with van der Waals surface area (Å²) in [6, 6.07) is 66.1. The van der Waals surface area contributed by atoms with E-state index in [1.807, 2.05) is 0 Å². The van der Waals surface area contributed by atoms with Crippen LogP contribution in [0, 0.1) is 100 Å². The van der Waals surface area contributed by atoms with E-state index >= 15 is 0 Å². The maximum atomic E-state index is 5.70. The summed E-state index contributed by atoms with van der Waals surface area (Å²) in [5.74, 6) is 6.49. The number of fused-ring (bicyclic) bond motifs is 13. The molecule has 129 heavy (non-hydrogen) atoms. The van der Waals surface area contributed by atoms with Gasteiger partial charge in [-0.05, 0) is 237 Å². The molecule has 1 nitrogen and oxygen atoms in total. The summed E-state index contributed by atoms with van der Waals surface area (Å²) in [6.45, 7) is 37.3. The summed E-state index contributed by atoms with van der Waals surface area (Å²) in [5.41, 5.74) is 30.9. The van der Waals surface area contributed by atoms with Gasteiger partial charge in [0.1, 0.15) is 0 Å². The zero-order valence-corrected chi connectivity index (χ0v) is 99.9. The number of ether oxygens (including phenoxy) is 1. The number of aryl methyl sites for hydroxylation is 1. The van der Waals surface area contributed by atoms with Crippen LogP contribution in [0.5, 0.6) is 0 Å². The molecule has 9 aliphatic rings. The Morgan fingerprint density at radius 1 is 0.372 bits per heavy atom. The minimum absolute atomic E-state index is 0. The number of rotatable bonds is 14. The number of halogens is 8. The van der Waals surface area contributed by atoms with Crippen LogP contribution in [0.15, 0.2) is 217 Å². The number of hydrogen-bond acceptors (Lipinski definition) is 1. The first-order valence-electron chi connectivity index (χ1n) is 45.1. The molecule has 0 spiro atoms. The molecule has 17 rings (SSSR count). The van der Waals surface area contributed by atoms with Gasteiger partial charge in [0.2, 0.25) is 0 Å². The zero-order chi connectivity index (χ0) is 88.3. The molecule has 0 aromatic heterocycles. The van der Waals surface area contributed by atoms with E-state index in [-0.39, 0.29) is 75.8 Å². The molecule has 0 radical (unpaired) electrons. The Morgan fingerprint density at radius 3 is 1.15 bits per heavy atom. The fourth-order valence-corrected chi connectivity index (χ4v) is 18.1. The fourth-order valence-electron chi connectivity index (χ4n) is 18.1. The number of hydrogen-bond donors (Lipinski definition) is 0. The van der Waals surface area contributed by atoms with Crippen molar-refractivity contribution in [3.05, 3.63) is 343 Å². The second-order valence-corrected chi connectivity index (χ2v) is 52.3. The Bertz CT molecular complexity index is 4220. The quantitative estimate of drug-likeness (QED) is 0.0779. The molecule has 8 aromatic carbocycles. The molecule has 708 valence electrons. The third-order valence-electron chi connectivity index (χ3n) is 25.2. The standard InChI is InChI=1S/C21H26.C19H22.C14H28O.2C13H10.C10H10.2C9H18.8CH3.8ClH.4Zr/c1-20(2,3)16-7-9-18-14(12-16)11-15-13-17(21(4,5)6)8-10-19(15)18;1-2-3-4-5-8-15-11-12-19-17(13-15)14-16-9-6-7-10-18(16)19;1-14(2,3)15-12-8-4-5-9-13-10-6-7-11-13;2*1-3-7-12-10(5-1)9-11-6-2-4-8-13(11)12;1-8-6-9-4-2-3-5-10(9)7-8;1-6-5-7(2)9(4)8(6)3;1-2-3-6-9-7-4-5-8-9;;;;;;;;;;;;;;;;;;;;/h7-13,18H,1-6H3;6-7,9-13H,2-5,8,14H2,1H3;13H,4-12H2,1-3H3;2*1-8H,9H2;2-6H,7H2,1H3;6-9H,5H2,1-4H3;9H,2-8H2,1H3;8*1H3;8*1H;;;;/q;;;;;;;;8*-1;;;;;;;;;4*+4/p-8. The number of unbranched alkanes of at least 4 members (excludes halogenated alkanes) is 6. The van der Waals surface area contributed by atoms with Gasteiger partial charge in [-0.15, -0.1) is 0 Å². The van der Waals surface area contributed by atoms with E-state index < -0.39 is 83.4 Å². The van der Waals surface area contributed by atoms with Crippen LogP contribution in [-0.2, 0) is 126 Å². The average Bonchev–Trinajstić information content (AvgIpc) is 1.63.